The molecule has 0 bridgehead atoms. The van der Waals surface area contributed by atoms with Crippen LogP contribution in [-0.4, -0.2) is 47.9 Å². The minimum atomic E-state index is 0.262. The molecule has 1 aliphatic heterocycles. The van der Waals surface area contributed by atoms with Gasteiger partial charge in [0.05, 0.1) is 6.42 Å². The highest BCUT2D eigenvalue weighted by Gasteiger charge is 2.35. The quantitative estimate of drug-likeness (QED) is 0.823. The second-order valence-corrected chi connectivity index (χ2v) is 7.98. The van der Waals surface area contributed by atoms with Crippen LogP contribution in [0.3, 0.4) is 0 Å². The first-order valence-corrected chi connectivity index (χ1v) is 10.2. The molecule has 2 aliphatic rings. The van der Waals surface area contributed by atoms with Crippen molar-refractivity contribution in [3.8, 4) is 0 Å². The normalized spacial score (nSPS) is 24.0. The van der Waals surface area contributed by atoms with Crippen LogP contribution in [0.5, 0.6) is 0 Å². The summed E-state index contributed by atoms with van der Waals surface area (Å²) in [6.45, 7) is 2.43. The van der Waals surface area contributed by atoms with E-state index >= 15 is 0 Å². The first-order valence-electron chi connectivity index (χ1n) is 10.2. The topological polar surface area (TPSA) is 23.6 Å². The zero-order chi connectivity index (χ0) is 17.9. The summed E-state index contributed by atoms with van der Waals surface area (Å²) in [6, 6.07) is 15.6. The second-order valence-electron chi connectivity index (χ2n) is 7.98. The smallest absolute Gasteiger partial charge is 0.227 e. The van der Waals surface area contributed by atoms with E-state index in [1.807, 2.05) is 7.05 Å². The zero-order valence-electron chi connectivity index (χ0n) is 15.9. The van der Waals surface area contributed by atoms with Gasteiger partial charge in [0.1, 0.15) is 0 Å². The van der Waals surface area contributed by atoms with E-state index in [0.717, 1.165) is 12.0 Å². The van der Waals surface area contributed by atoms with Gasteiger partial charge in [-0.05, 0) is 55.1 Å². The van der Waals surface area contributed by atoms with Gasteiger partial charge in [0.25, 0.3) is 0 Å². The standard InChI is InChI=1S/C23H30N2O/c1-24(21-13-4-5-14-22(21)25-15-6-7-16-25)23(26)17-19-11-8-10-18-9-2-3-12-20(18)19/h2-3,8-12,21-22H,4-7,13-17H2,1H3/t21?,22-/m1/s1. The molecule has 4 rings (SSSR count). The number of carbonyl (C=O) groups excluding carboxylic acids is 1. The third-order valence-corrected chi connectivity index (χ3v) is 6.42. The van der Waals surface area contributed by atoms with Crippen molar-refractivity contribution in [2.24, 2.45) is 0 Å². The minimum absolute atomic E-state index is 0.262. The molecule has 1 unspecified atom stereocenters. The highest BCUT2D eigenvalue weighted by molar-refractivity contribution is 5.90. The summed E-state index contributed by atoms with van der Waals surface area (Å²) < 4.78 is 0. The Labute approximate surface area is 157 Å². The van der Waals surface area contributed by atoms with Crippen LogP contribution in [0.15, 0.2) is 42.5 Å². The summed E-state index contributed by atoms with van der Waals surface area (Å²) in [6.07, 6.45) is 8.09. The lowest BCUT2D eigenvalue weighted by atomic mass is 9.88. The van der Waals surface area contributed by atoms with Gasteiger partial charge < -0.3 is 4.90 Å². The van der Waals surface area contributed by atoms with Gasteiger partial charge in [-0.15, -0.1) is 0 Å². The number of hydrogen-bond acceptors (Lipinski definition) is 2. The van der Waals surface area contributed by atoms with Gasteiger partial charge in [0, 0.05) is 19.1 Å². The number of carbonyl (C=O) groups is 1. The number of hydrogen-bond donors (Lipinski definition) is 0. The fourth-order valence-electron chi connectivity index (χ4n) is 4.96. The summed E-state index contributed by atoms with van der Waals surface area (Å²) in [7, 11) is 2.03. The van der Waals surface area contributed by atoms with Gasteiger partial charge in [-0.2, -0.15) is 0 Å². The molecule has 1 aliphatic carbocycles. The minimum Gasteiger partial charge on any atom is -0.341 e. The molecule has 0 spiro atoms. The molecule has 0 radical (unpaired) electrons. The second kappa shape index (κ2) is 7.79. The van der Waals surface area contributed by atoms with Crippen LogP contribution in [0.2, 0.25) is 0 Å². The lowest BCUT2D eigenvalue weighted by Gasteiger charge is -2.42. The van der Waals surface area contributed by atoms with Crippen molar-refractivity contribution in [1.29, 1.82) is 0 Å². The first kappa shape index (κ1) is 17.5. The van der Waals surface area contributed by atoms with Gasteiger partial charge in [-0.25, -0.2) is 0 Å². The molecule has 1 saturated heterocycles. The van der Waals surface area contributed by atoms with Crippen LogP contribution in [0.1, 0.15) is 44.1 Å². The molecule has 138 valence electrons. The van der Waals surface area contributed by atoms with E-state index in [2.05, 4.69) is 52.3 Å². The van der Waals surface area contributed by atoms with Gasteiger partial charge in [0.15, 0.2) is 0 Å². The van der Waals surface area contributed by atoms with E-state index in [0.29, 0.717) is 18.5 Å². The van der Waals surface area contributed by atoms with Crippen molar-refractivity contribution in [1.82, 2.24) is 9.80 Å². The summed E-state index contributed by atoms with van der Waals surface area (Å²) in [5, 5.41) is 2.42. The van der Waals surface area contributed by atoms with Crippen molar-refractivity contribution in [3.63, 3.8) is 0 Å². The largest absolute Gasteiger partial charge is 0.341 e. The van der Waals surface area contributed by atoms with E-state index in [1.165, 1.54) is 56.0 Å². The Kier molecular flexibility index (Phi) is 5.26. The zero-order valence-corrected chi connectivity index (χ0v) is 15.9. The molecule has 2 aromatic carbocycles. The number of benzene rings is 2. The maximum Gasteiger partial charge on any atom is 0.227 e. The molecular formula is C23H30N2O. The molecular weight excluding hydrogens is 320 g/mol. The average Bonchev–Trinajstić information content (AvgIpc) is 3.22. The number of likely N-dealkylation sites (tertiary alicyclic amines) is 1. The van der Waals surface area contributed by atoms with Gasteiger partial charge in [-0.1, -0.05) is 55.3 Å². The Hall–Kier alpha value is -1.87. The summed E-state index contributed by atoms with van der Waals surface area (Å²) in [4.78, 5) is 17.8. The molecule has 2 atom stereocenters. The van der Waals surface area contributed by atoms with Crippen LogP contribution in [0.4, 0.5) is 0 Å². The lowest BCUT2D eigenvalue weighted by molar-refractivity contribution is -0.133. The number of rotatable bonds is 4. The lowest BCUT2D eigenvalue weighted by Crippen LogP contribution is -2.53. The molecule has 1 saturated carbocycles. The predicted molar refractivity (Wildman–Crippen MR) is 107 cm³/mol. The van der Waals surface area contributed by atoms with Crippen molar-refractivity contribution in [3.05, 3.63) is 48.0 Å². The monoisotopic (exact) mass is 350 g/mol. The fraction of sp³-hybridized carbons (Fsp3) is 0.522. The van der Waals surface area contributed by atoms with Crippen LogP contribution in [0, 0.1) is 0 Å². The Bertz CT molecular complexity index is 760. The molecule has 26 heavy (non-hydrogen) atoms. The molecule has 0 N–H and O–H groups in total. The van der Waals surface area contributed by atoms with Crippen molar-refractivity contribution in [2.75, 3.05) is 20.1 Å². The Morgan fingerprint density at radius 2 is 1.73 bits per heavy atom. The maximum absolute atomic E-state index is 13.1. The molecule has 1 amide bonds. The Balaban J connectivity index is 1.51. The third-order valence-electron chi connectivity index (χ3n) is 6.42. The molecule has 3 heteroatoms. The van der Waals surface area contributed by atoms with Crippen LogP contribution < -0.4 is 0 Å². The van der Waals surface area contributed by atoms with Crippen LogP contribution in [0.25, 0.3) is 10.8 Å². The number of nitrogens with zero attached hydrogens (tertiary/aromatic N) is 2. The number of amides is 1. The SMILES string of the molecule is CN(C(=O)Cc1cccc2ccccc12)C1CCCC[C@H]1N1CCCC1. The summed E-state index contributed by atoms with van der Waals surface area (Å²) in [5.74, 6) is 0.262. The molecule has 2 fully saturated rings. The third kappa shape index (κ3) is 3.50. The van der Waals surface area contributed by atoms with Crippen LogP contribution >= 0.6 is 0 Å². The average molecular weight is 351 g/mol. The highest BCUT2D eigenvalue weighted by Crippen LogP contribution is 2.29. The summed E-state index contributed by atoms with van der Waals surface area (Å²) >= 11 is 0. The van der Waals surface area contributed by atoms with Gasteiger partial charge in [-0.3, -0.25) is 9.69 Å². The van der Waals surface area contributed by atoms with E-state index in [9.17, 15) is 4.79 Å². The van der Waals surface area contributed by atoms with Crippen molar-refractivity contribution < 1.29 is 4.79 Å². The Morgan fingerprint density at radius 1 is 1.00 bits per heavy atom. The molecule has 0 aromatic heterocycles. The predicted octanol–water partition coefficient (Wildman–Crippen LogP) is 4.25. The van der Waals surface area contributed by atoms with E-state index < -0.39 is 0 Å². The molecule has 2 aromatic rings. The summed E-state index contributed by atoms with van der Waals surface area (Å²) in [5.41, 5.74) is 1.15. The van der Waals surface area contributed by atoms with E-state index in [1.54, 1.807) is 0 Å². The van der Waals surface area contributed by atoms with Crippen molar-refractivity contribution in [2.45, 2.75) is 57.0 Å². The van der Waals surface area contributed by atoms with Crippen molar-refractivity contribution >= 4 is 16.7 Å². The maximum atomic E-state index is 13.1. The van der Waals surface area contributed by atoms with E-state index in [4.69, 9.17) is 0 Å². The number of likely N-dealkylation sites (N-methyl/N-ethyl adjacent to an activating group) is 1. The molecule has 1 heterocycles. The highest BCUT2D eigenvalue weighted by atomic mass is 16.2. The van der Waals surface area contributed by atoms with E-state index in [-0.39, 0.29) is 5.91 Å². The van der Waals surface area contributed by atoms with Gasteiger partial charge >= 0.3 is 0 Å². The number of fused-ring (bicyclic) bond motifs is 1. The van der Waals surface area contributed by atoms with Crippen LogP contribution in [-0.2, 0) is 11.2 Å². The molecule has 3 nitrogen and oxygen atoms in total. The first-order chi connectivity index (χ1) is 12.7. The Morgan fingerprint density at radius 3 is 2.58 bits per heavy atom. The van der Waals surface area contributed by atoms with Gasteiger partial charge in [0.2, 0.25) is 5.91 Å². The fourth-order valence-corrected chi connectivity index (χ4v) is 4.96.